The molecular formula is C17H26N2O. The maximum Gasteiger partial charge on any atom is 0.227 e. The summed E-state index contributed by atoms with van der Waals surface area (Å²) in [5.41, 5.74) is 2.13. The van der Waals surface area contributed by atoms with Gasteiger partial charge in [-0.15, -0.1) is 0 Å². The summed E-state index contributed by atoms with van der Waals surface area (Å²) in [6.45, 7) is 5.11. The van der Waals surface area contributed by atoms with Gasteiger partial charge in [0, 0.05) is 24.2 Å². The van der Waals surface area contributed by atoms with Gasteiger partial charge in [0.15, 0.2) is 0 Å². The van der Waals surface area contributed by atoms with E-state index in [1.54, 1.807) is 0 Å². The smallest absolute Gasteiger partial charge is 0.227 e. The maximum absolute atomic E-state index is 12.2. The van der Waals surface area contributed by atoms with Crippen molar-refractivity contribution in [1.82, 2.24) is 5.32 Å². The van der Waals surface area contributed by atoms with Crippen LogP contribution in [0.2, 0.25) is 0 Å². The molecule has 0 spiro atoms. The van der Waals surface area contributed by atoms with E-state index in [-0.39, 0.29) is 11.8 Å². The molecule has 0 unspecified atom stereocenters. The molecule has 1 aliphatic carbocycles. The predicted octanol–water partition coefficient (Wildman–Crippen LogP) is 3.70. The largest absolute Gasteiger partial charge is 0.326 e. The molecule has 0 saturated heterocycles. The SMILES string of the molecule is CC(C)NCc1cccc(NC(=O)C2CCCCC2)c1. The number of amides is 1. The van der Waals surface area contributed by atoms with Crippen LogP contribution in [0.3, 0.4) is 0 Å². The first kappa shape index (κ1) is 15.0. The van der Waals surface area contributed by atoms with E-state index in [1.807, 2.05) is 12.1 Å². The van der Waals surface area contributed by atoms with Gasteiger partial charge >= 0.3 is 0 Å². The normalized spacial score (nSPS) is 16.4. The Kier molecular flexibility index (Phi) is 5.60. The minimum Gasteiger partial charge on any atom is -0.326 e. The molecule has 0 aromatic heterocycles. The molecule has 1 amide bonds. The molecule has 2 N–H and O–H groups in total. The summed E-state index contributed by atoms with van der Waals surface area (Å²) in [5, 5.41) is 6.47. The van der Waals surface area contributed by atoms with Crippen LogP contribution in [0, 0.1) is 5.92 Å². The van der Waals surface area contributed by atoms with Gasteiger partial charge in [0.05, 0.1) is 0 Å². The number of carbonyl (C=O) groups excluding carboxylic acids is 1. The molecule has 1 fully saturated rings. The van der Waals surface area contributed by atoms with Crippen molar-refractivity contribution >= 4 is 11.6 Å². The topological polar surface area (TPSA) is 41.1 Å². The van der Waals surface area contributed by atoms with Crippen molar-refractivity contribution in [3.05, 3.63) is 29.8 Å². The van der Waals surface area contributed by atoms with Gasteiger partial charge in [-0.25, -0.2) is 0 Å². The first-order valence-corrected chi connectivity index (χ1v) is 7.78. The highest BCUT2D eigenvalue weighted by Crippen LogP contribution is 2.25. The van der Waals surface area contributed by atoms with Gasteiger partial charge in [0.2, 0.25) is 5.91 Å². The Bertz CT molecular complexity index is 436. The number of rotatable bonds is 5. The molecular weight excluding hydrogens is 248 g/mol. The summed E-state index contributed by atoms with van der Waals surface area (Å²) < 4.78 is 0. The molecule has 20 heavy (non-hydrogen) atoms. The Labute approximate surface area is 122 Å². The van der Waals surface area contributed by atoms with E-state index in [0.717, 1.165) is 25.1 Å². The molecule has 0 atom stereocenters. The van der Waals surface area contributed by atoms with Gasteiger partial charge < -0.3 is 10.6 Å². The van der Waals surface area contributed by atoms with Crippen molar-refractivity contribution in [1.29, 1.82) is 0 Å². The highest BCUT2D eigenvalue weighted by atomic mass is 16.1. The Balaban J connectivity index is 1.91. The molecule has 0 bridgehead atoms. The van der Waals surface area contributed by atoms with Gasteiger partial charge in [-0.05, 0) is 30.5 Å². The van der Waals surface area contributed by atoms with E-state index in [1.165, 1.54) is 24.8 Å². The summed E-state index contributed by atoms with van der Waals surface area (Å²) in [6, 6.07) is 8.60. The Morgan fingerprint density at radius 3 is 2.70 bits per heavy atom. The second-order valence-corrected chi connectivity index (χ2v) is 6.06. The van der Waals surface area contributed by atoms with Gasteiger partial charge in [0.25, 0.3) is 0 Å². The third-order valence-corrected chi connectivity index (χ3v) is 3.88. The molecule has 3 nitrogen and oxygen atoms in total. The average Bonchev–Trinajstić information content (AvgIpc) is 2.46. The summed E-state index contributed by atoms with van der Waals surface area (Å²) in [7, 11) is 0. The van der Waals surface area contributed by atoms with Gasteiger partial charge in [-0.2, -0.15) is 0 Å². The molecule has 1 aromatic rings. The molecule has 1 saturated carbocycles. The molecule has 2 rings (SSSR count). The van der Waals surface area contributed by atoms with Gasteiger partial charge in [-0.3, -0.25) is 4.79 Å². The lowest BCUT2D eigenvalue weighted by atomic mass is 9.88. The number of carbonyl (C=O) groups is 1. The lowest BCUT2D eigenvalue weighted by Gasteiger charge is -2.21. The molecule has 1 aromatic carbocycles. The minimum absolute atomic E-state index is 0.193. The van der Waals surface area contributed by atoms with Crippen LogP contribution in [-0.4, -0.2) is 11.9 Å². The van der Waals surface area contributed by atoms with Crippen LogP contribution < -0.4 is 10.6 Å². The van der Waals surface area contributed by atoms with Crippen molar-refractivity contribution < 1.29 is 4.79 Å². The lowest BCUT2D eigenvalue weighted by Crippen LogP contribution is -2.25. The summed E-state index contributed by atoms with van der Waals surface area (Å²) >= 11 is 0. The zero-order chi connectivity index (χ0) is 14.4. The third-order valence-electron chi connectivity index (χ3n) is 3.88. The predicted molar refractivity (Wildman–Crippen MR) is 83.6 cm³/mol. The first-order valence-electron chi connectivity index (χ1n) is 7.78. The fourth-order valence-electron chi connectivity index (χ4n) is 2.69. The highest BCUT2D eigenvalue weighted by molar-refractivity contribution is 5.92. The standard InChI is InChI=1S/C17H26N2O/c1-13(2)18-12-14-7-6-10-16(11-14)19-17(20)15-8-4-3-5-9-15/h6-7,10-11,13,15,18H,3-5,8-9,12H2,1-2H3,(H,19,20). The van der Waals surface area contributed by atoms with E-state index in [2.05, 4.69) is 36.6 Å². The number of hydrogen-bond donors (Lipinski definition) is 2. The zero-order valence-electron chi connectivity index (χ0n) is 12.6. The average molecular weight is 274 g/mol. The number of nitrogens with one attached hydrogen (secondary N) is 2. The molecule has 0 radical (unpaired) electrons. The molecule has 110 valence electrons. The van der Waals surface area contributed by atoms with Crippen LogP contribution in [0.5, 0.6) is 0 Å². The maximum atomic E-state index is 12.2. The van der Waals surface area contributed by atoms with Crippen LogP contribution in [0.15, 0.2) is 24.3 Å². The Morgan fingerprint density at radius 1 is 1.25 bits per heavy atom. The van der Waals surface area contributed by atoms with Gasteiger partial charge in [0.1, 0.15) is 0 Å². The third kappa shape index (κ3) is 4.64. The number of benzene rings is 1. The fourth-order valence-corrected chi connectivity index (χ4v) is 2.69. The van der Waals surface area contributed by atoms with Crippen molar-refractivity contribution in [3.63, 3.8) is 0 Å². The van der Waals surface area contributed by atoms with Crippen molar-refractivity contribution in [3.8, 4) is 0 Å². The summed E-state index contributed by atoms with van der Waals surface area (Å²) in [4.78, 5) is 12.2. The van der Waals surface area contributed by atoms with E-state index >= 15 is 0 Å². The number of hydrogen-bond acceptors (Lipinski definition) is 2. The lowest BCUT2D eigenvalue weighted by molar-refractivity contribution is -0.120. The van der Waals surface area contributed by atoms with Crippen molar-refractivity contribution in [2.24, 2.45) is 5.92 Å². The minimum atomic E-state index is 0.193. The van der Waals surface area contributed by atoms with E-state index in [9.17, 15) is 4.79 Å². The van der Waals surface area contributed by atoms with Crippen LogP contribution >= 0.6 is 0 Å². The monoisotopic (exact) mass is 274 g/mol. The van der Waals surface area contributed by atoms with Crippen molar-refractivity contribution in [2.45, 2.75) is 58.5 Å². The van der Waals surface area contributed by atoms with E-state index in [4.69, 9.17) is 0 Å². The highest BCUT2D eigenvalue weighted by Gasteiger charge is 2.20. The second kappa shape index (κ2) is 7.44. The van der Waals surface area contributed by atoms with Crippen LogP contribution in [0.4, 0.5) is 5.69 Å². The zero-order valence-corrected chi connectivity index (χ0v) is 12.6. The Hall–Kier alpha value is -1.35. The molecule has 0 aliphatic heterocycles. The first-order chi connectivity index (χ1) is 9.65. The molecule has 0 heterocycles. The Morgan fingerprint density at radius 2 is 2.00 bits per heavy atom. The number of anilines is 1. The van der Waals surface area contributed by atoms with Gasteiger partial charge in [-0.1, -0.05) is 45.2 Å². The van der Waals surface area contributed by atoms with Crippen LogP contribution in [0.25, 0.3) is 0 Å². The summed E-state index contributed by atoms with van der Waals surface area (Å²) in [5.74, 6) is 0.403. The van der Waals surface area contributed by atoms with Crippen LogP contribution in [0.1, 0.15) is 51.5 Å². The molecule has 3 heteroatoms. The fraction of sp³-hybridized carbons (Fsp3) is 0.588. The molecule has 1 aliphatic rings. The van der Waals surface area contributed by atoms with Crippen LogP contribution in [-0.2, 0) is 11.3 Å². The summed E-state index contributed by atoms with van der Waals surface area (Å²) in [6.07, 6.45) is 5.74. The second-order valence-electron chi connectivity index (χ2n) is 6.06. The van der Waals surface area contributed by atoms with E-state index < -0.39 is 0 Å². The van der Waals surface area contributed by atoms with Crippen molar-refractivity contribution in [2.75, 3.05) is 5.32 Å². The van der Waals surface area contributed by atoms with E-state index in [0.29, 0.717) is 6.04 Å². The quantitative estimate of drug-likeness (QED) is 0.859.